The van der Waals surface area contributed by atoms with Gasteiger partial charge in [-0.05, 0) is 36.8 Å². The topological polar surface area (TPSA) is 82.3 Å². The Kier molecular flexibility index (Phi) is 5.92. The van der Waals surface area contributed by atoms with Crippen LogP contribution in [0.3, 0.4) is 0 Å². The minimum absolute atomic E-state index is 0.141. The van der Waals surface area contributed by atoms with Crippen LogP contribution in [0.2, 0.25) is 10.0 Å². The number of amides is 1. The lowest BCUT2D eigenvalue weighted by molar-refractivity contribution is -0.112. The summed E-state index contributed by atoms with van der Waals surface area (Å²) in [7, 11) is 1.37. The summed E-state index contributed by atoms with van der Waals surface area (Å²) in [6.07, 6.45) is 1.24. The molecule has 7 heteroatoms. The molecule has 1 amide bonds. The zero-order chi connectivity index (χ0) is 18.6. The number of nitrogens with one attached hydrogen (secondary N) is 1. The first-order valence-corrected chi connectivity index (χ1v) is 7.87. The second-order valence-electron chi connectivity index (χ2n) is 5.08. The average molecular weight is 377 g/mol. The number of nitriles is 1. The molecule has 0 aliphatic carbocycles. The number of methoxy groups -OCH3 is 1. The summed E-state index contributed by atoms with van der Waals surface area (Å²) in [4.78, 5) is 12.4. The van der Waals surface area contributed by atoms with Crippen molar-refractivity contribution < 1.29 is 14.6 Å². The number of ether oxygens (including phenoxy) is 1. The Morgan fingerprint density at radius 2 is 2.08 bits per heavy atom. The molecule has 2 aromatic rings. The monoisotopic (exact) mass is 376 g/mol. The molecule has 0 saturated carbocycles. The first-order valence-electron chi connectivity index (χ1n) is 7.12. The Balaban J connectivity index is 2.38. The third-order valence-corrected chi connectivity index (χ3v) is 4.10. The summed E-state index contributed by atoms with van der Waals surface area (Å²) in [5.41, 5.74) is 1.16. The fourth-order valence-corrected chi connectivity index (χ4v) is 2.49. The second kappa shape index (κ2) is 7.93. The van der Waals surface area contributed by atoms with Crippen molar-refractivity contribution >= 4 is 40.9 Å². The predicted octanol–water partition coefficient (Wildman–Crippen LogP) is 4.56. The van der Waals surface area contributed by atoms with Crippen LogP contribution in [0, 0.1) is 18.3 Å². The molecule has 2 rings (SSSR count). The third kappa shape index (κ3) is 4.24. The van der Waals surface area contributed by atoms with E-state index in [-0.39, 0.29) is 22.6 Å². The van der Waals surface area contributed by atoms with Gasteiger partial charge in [-0.1, -0.05) is 29.3 Å². The van der Waals surface area contributed by atoms with Crippen LogP contribution < -0.4 is 10.1 Å². The first-order chi connectivity index (χ1) is 11.9. The Morgan fingerprint density at radius 1 is 1.36 bits per heavy atom. The van der Waals surface area contributed by atoms with E-state index in [1.807, 2.05) is 6.07 Å². The number of halogens is 2. The maximum absolute atomic E-state index is 12.4. The van der Waals surface area contributed by atoms with Crippen LogP contribution in [0.15, 0.2) is 35.9 Å². The molecule has 2 N–H and O–H groups in total. The van der Waals surface area contributed by atoms with Gasteiger partial charge in [0.1, 0.15) is 11.6 Å². The molecule has 25 heavy (non-hydrogen) atoms. The van der Waals surface area contributed by atoms with Crippen LogP contribution in [0.25, 0.3) is 6.08 Å². The van der Waals surface area contributed by atoms with Crippen molar-refractivity contribution in [3.8, 4) is 17.6 Å². The summed E-state index contributed by atoms with van der Waals surface area (Å²) in [6, 6.07) is 9.72. The molecule has 0 bridgehead atoms. The number of hydrogen-bond acceptors (Lipinski definition) is 4. The highest BCUT2D eigenvalue weighted by Crippen LogP contribution is 2.34. The quantitative estimate of drug-likeness (QED) is 0.604. The van der Waals surface area contributed by atoms with Crippen molar-refractivity contribution in [1.29, 1.82) is 5.26 Å². The van der Waals surface area contributed by atoms with Crippen molar-refractivity contribution in [3.63, 3.8) is 0 Å². The van der Waals surface area contributed by atoms with Crippen molar-refractivity contribution in [2.24, 2.45) is 0 Å². The van der Waals surface area contributed by atoms with E-state index in [0.717, 1.165) is 0 Å². The van der Waals surface area contributed by atoms with Gasteiger partial charge in [0, 0.05) is 27.4 Å². The van der Waals surface area contributed by atoms with Crippen molar-refractivity contribution in [1.82, 2.24) is 0 Å². The van der Waals surface area contributed by atoms with Crippen LogP contribution in [-0.4, -0.2) is 18.1 Å². The summed E-state index contributed by atoms with van der Waals surface area (Å²) in [6.45, 7) is 1.75. The number of benzene rings is 2. The standard InChI is InChI=1S/C18H14Cl2N2O3/c1-10-14(20)4-3-5-15(10)22-18(24)12(9-21)6-11-7-13(19)8-16(25-2)17(11)23/h3-8,23H,1-2H3,(H,22,24)/b12-6+. The molecule has 128 valence electrons. The lowest BCUT2D eigenvalue weighted by Crippen LogP contribution is -2.14. The van der Waals surface area contributed by atoms with Gasteiger partial charge < -0.3 is 15.2 Å². The van der Waals surface area contributed by atoms with Crippen LogP contribution in [0.5, 0.6) is 11.5 Å². The van der Waals surface area contributed by atoms with Gasteiger partial charge in [0.25, 0.3) is 5.91 Å². The van der Waals surface area contributed by atoms with Gasteiger partial charge in [-0.2, -0.15) is 5.26 Å². The molecule has 5 nitrogen and oxygen atoms in total. The summed E-state index contributed by atoms with van der Waals surface area (Å²) >= 11 is 12.0. The van der Waals surface area contributed by atoms with Crippen molar-refractivity contribution in [3.05, 3.63) is 57.1 Å². The minimum Gasteiger partial charge on any atom is -0.504 e. The molecular weight excluding hydrogens is 363 g/mol. The fourth-order valence-electron chi connectivity index (χ4n) is 2.10. The fraction of sp³-hybridized carbons (Fsp3) is 0.111. The zero-order valence-electron chi connectivity index (χ0n) is 13.4. The molecule has 0 unspecified atom stereocenters. The Hall–Kier alpha value is -2.68. The van der Waals surface area contributed by atoms with Gasteiger partial charge in [0.2, 0.25) is 0 Å². The van der Waals surface area contributed by atoms with E-state index in [9.17, 15) is 15.2 Å². The Bertz CT molecular complexity index is 902. The van der Waals surface area contributed by atoms with E-state index in [0.29, 0.717) is 21.3 Å². The number of rotatable bonds is 4. The summed E-state index contributed by atoms with van der Waals surface area (Å²) < 4.78 is 5.00. The van der Waals surface area contributed by atoms with Crippen molar-refractivity contribution in [2.45, 2.75) is 6.92 Å². The molecular formula is C18H14Cl2N2O3. The highest BCUT2D eigenvalue weighted by Gasteiger charge is 2.15. The number of phenolic OH excluding ortho intramolecular Hbond substituents is 1. The Morgan fingerprint density at radius 3 is 2.72 bits per heavy atom. The minimum atomic E-state index is -0.633. The number of aromatic hydroxyl groups is 1. The highest BCUT2D eigenvalue weighted by atomic mass is 35.5. The van der Waals surface area contributed by atoms with Gasteiger partial charge in [-0.3, -0.25) is 4.79 Å². The van der Waals surface area contributed by atoms with Crippen molar-refractivity contribution in [2.75, 3.05) is 12.4 Å². The Labute approximate surface area is 155 Å². The lowest BCUT2D eigenvalue weighted by Gasteiger charge is -2.10. The first kappa shape index (κ1) is 18.7. The summed E-state index contributed by atoms with van der Waals surface area (Å²) in [5.74, 6) is -0.709. The van der Waals surface area contributed by atoms with E-state index >= 15 is 0 Å². The third-order valence-electron chi connectivity index (χ3n) is 3.47. The van der Waals surface area contributed by atoms with E-state index < -0.39 is 5.91 Å². The van der Waals surface area contributed by atoms with Gasteiger partial charge in [0.05, 0.1) is 7.11 Å². The number of carbonyl (C=O) groups excluding carboxylic acids is 1. The van der Waals surface area contributed by atoms with Crippen LogP contribution >= 0.6 is 23.2 Å². The van der Waals surface area contributed by atoms with Gasteiger partial charge >= 0.3 is 0 Å². The number of anilines is 1. The van der Waals surface area contributed by atoms with E-state index in [2.05, 4.69) is 5.32 Å². The number of nitrogens with zero attached hydrogens (tertiary/aromatic N) is 1. The summed E-state index contributed by atoms with van der Waals surface area (Å²) in [5, 5.41) is 22.8. The smallest absolute Gasteiger partial charge is 0.266 e. The predicted molar refractivity (Wildman–Crippen MR) is 98.1 cm³/mol. The molecule has 0 spiro atoms. The second-order valence-corrected chi connectivity index (χ2v) is 5.93. The number of carbonyl (C=O) groups is 1. The van der Waals surface area contributed by atoms with E-state index in [1.165, 1.54) is 25.3 Å². The molecule has 0 saturated heterocycles. The van der Waals surface area contributed by atoms with Gasteiger partial charge in [-0.15, -0.1) is 0 Å². The van der Waals surface area contributed by atoms with E-state index in [4.69, 9.17) is 27.9 Å². The average Bonchev–Trinajstić information content (AvgIpc) is 2.59. The van der Waals surface area contributed by atoms with Gasteiger partial charge in [0.15, 0.2) is 11.5 Å². The normalized spacial score (nSPS) is 10.9. The van der Waals surface area contributed by atoms with Crippen LogP contribution in [0.1, 0.15) is 11.1 Å². The van der Waals surface area contributed by atoms with E-state index in [1.54, 1.807) is 25.1 Å². The van der Waals surface area contributed by atoms with Crippen LogP contribution in [0.4, 0.5) is 5.69 Å². The molecule has 0 fully saturated rings. The largest absolute Gasteiger partial charge is 0.504 e. The molecule has 0 heterocycles. The van der Waals surface area contributed by atoms with Gasteiger partial charge in [-0.25, -0.2) is 0 Å². The maximum atomic E-state index is 12.4. The zero-order valence-corrected chi connectivity index (χ0v) is 14.9. The number of phenols is 1. The highest BCUT2D eigenvalue weighted by molar-refractivity contribution is 6.32. The lowest BCUT2D eigenvalue weighted by atomic mass is 10.1. The molecule has 0 aliphatic rings. The molecule has 0 aliphatic heterocycles. The molecule has 0 atom stereocenters. The molecule has 0 aromatic heterocycles. The van der Waals surface area contributed by atoms with Crippen LogP contribution in [-0.2, 0) is 4.79 Å². The maximum Gasteiger partial charge on any atom is 0.266 e. The molecule has 2 aromatic carbocycles. The number of hydrogen-bond donors (Lipinski definition) is 2. The molecule has 0 radical (unpaired) electrons. The SMILES string of the molecule is COc1cc(Cl)cc(/C=C(\C#N)C(=O)Nc2cccc(Cl)c2C)c1O.